The molecule has 1 amide bonds. The van der Waals surface area contributed by atoms with Crippen LogP contribution in [0.15, 0.2) is 25.3 Å². The standard InChI is InChI=1S/C11H16N2O/c1-4-7-12-10-11(14)13(8-5-2)9-6-3/h1,5-6,12H,2-3,7-10H2. The molecule has 0 aliphatic rings. The summed E-state index contributed by atoms with van der Waals surface area (Å²) in [6.45, 7) is 8.88. The van der Waals surface area contributed by atoms with Crippen molar-refractivity contribution < 1.29 is 4.79 Å². The maximum absolute atomic E-state index is 11.5. The summed E-state index contributed by atoms with van der Waals surface area (Å²) < 4.78 is 0. The molecular formula is C11H16N2O. The predicted octanol–water partition coefficient (Wildman–Crippen LogP) is 0.410. The van der Waals surface area contributed by atoms with Crippen molar-refractivity contribution in [2.45, 2.75) is 0 Å². The molecule has 0 rings (SSSR count). The summed E-state index contributed by atoms with van der Waals surface area (Å²) in [5, 5.41) is 2.84. The molecule has 0 spiro atoms. The van der Waals surface area contributed by atoms with Crippen LogP contribution in [0.5, 0.6) is 0 Å². The highest BCUT2D eigenvalue weighted by molar-refractivity contribution is 5.78. The van der Waals surface area contributed by atoms with Gasteiger partial charge in [-0.1, -0.05) is 18.1 Å². The summed E-state index contributed by atoms with van der Waals surface area (Å²) in [7, 11) is 0. The number of rotatable bonds is 7. The molecule has 3 nitrogen and oxygen atoms in total. The number of hydrogen-bond acceptors (Lipinski definition) is 2. The Kier molecular flexibility index (Phi) is 7.20. The average molecular weight is 192 g/mol. The molecule has 0 unspecified atom stereocenters. The molecule has 1 N–H and O–H groups in total. The number of hydrogen-bond donors (Lipinski definition) is 1. The van der Waals surface area contributed by atoms with E-state index in [1.807, 2.05) is 0 Å². The van der Waals surface area contributed by atoms with Crippen LogP contribution >= 0.6 is 0 Å². The lowest BCUT2D eigenvalue weighted by Crippen LogP contribution is -2.38. The summed E-state index contributed by atoms with van der Waals surface area (Å²) in [4.78, 5) is 13.1. The van der Waals surface area contributed by atoms with Gasteiger partial charge in [-0.05, 0) is 0 Å². The van der Waals surface area contributed by atoms with Gasteiger partial charge in [0.1, 0.15) is 0 Å². The summed E-state index contributed by atoms with van der Waals surface area (Å²) in [5.74, 6) is 2.40. The molecule has 0 saturated carbocycles. The zero-order valence-corrected chi connectivity index (χ0v) is 8.33. The third kappa shape index (κ3) is 5.18. The predicted molar refractivity (Wildman–Crippen MR) is 58.7 cm³/mol. The molecule has 0 heterocycles. The maximum Gasteiger partial charge on any atom is 0.237 e. The molecule has 0 fully saturated rings. The zero-order valence-electron chi connectivity index (χ0n) is 8.33. The Bertz CT molecular complexity index is 230. The molecule has 0 saturated heterocycles. The van der Waals surface area contributed by atoms with E-state index in [1.54, 1.807) is 17.1 Å². The van der Waals surface area contributed by atoms with Gasteiger partial charge in [0.25, 0.3) is 0 Å². The Balaban J connectivity index is 3.94. The lowest BCUT2D eigenvalue weighted by Gasteiger charge is -2.18. The molecule has 0 aromatic heterocycles. The van der Waals surface area contributed by atoms with Gasteiger partial charge in [0.05, 0.1) is 13.1 Å². The second-order valence-corrected chi connectivity index (χ2v) is 2.68. The molecule has 0 atom stereocenters. The van der Waals surface area contributed by atoms with Crippen LogP contribution in [0.3, 0.4) is 0 Å². The monoisotopic (exact) mass is 192 g/mol. The molecule has 0 bridgehead atoms. The lowest BCUT2D eigenvalue weighted by molar-refractivity contribution is -0.129. The fourth-order valence-electron chi connectivity index (χ4n) is 0.943. The SMILES string of the molecule is C#CCNCC(=O)N(CC=C)CC=C. The smallest absolute Gasteiger partial charge is 0.237 e. The number of amides is 1. The van der Waals surface area contributed by atoms with Gasteiger partial charge in [-0.25, -0.2) is 0 Å². The molecule has 0 aliphatic heterocycles. The molecule has 76 valence electrons. The minimum absolute atomic E-state index is 0.0000463. The van der Waals surface area contributed by atoms with E-state index in [1.165, 1.54) is 0 Å². The maximum atomic E-state index is 11.5. The van der Waals surface area contributed by atoms with Gasteiger partial charge in [-0.3, -0.25) is 10.1 Å². The van der Waals surface area contributed by atoms with Gasteiger partial charge in [0.2, 0.25) is 5.91 Å². The quantitative estimate of drug-likeness (QED) is 0.360. The van der Waals surface area contributed by atoms with E-state index >= 15 is 0 Å². The van der Waals surface area contributed by atoms with Crippen LogP contribution in [0, 0.1) is 12.3 Å². The molecule has 0 aliphatic carbocycles. The third-order valence-corrected chi connectivity index (χ3v) is 1.55. The number of carbonyl (C=O) groups is 1. The second-order valence-electron chi connectivity index (χ2n) is 2.68. The van der Waals surface area contributed by atoms with Crippen molar-refractivity contribution >= 4 is 5.91 Å². The lowest BCUT2D eigenvalue weighted by atomic mass is 10.4. The van der Waals surface area contributed by atoms with Crippen LogP contribution in [0.4, 0.5) is 0 Å². The first-order valence-corrected chi connectivity index (χ1v) is 4.40. The van der Waals surface area contributed by atoms with Crippen molar-refractivity contribution in [3.8, 4) is 12.3 Å². The fraction of sp³-hybridized carbons (Fsp3) is 0.364. The number of nitrogens with one attached hydrogen (secondary N) is 1. The number of terminal acetylenes is 1. The first-order valence-electron chi connectivity index (χ1n) is 4.40. The van der Waals surface area contributed by atoms with E-state index in [0.717, 1.165) is 0 Å². The summed E-state index contributed by atoms with van der Waals surface area (Å²) in [6, 6.07) is 0. The minimum Gasteiger partial charge on any atom is -0.334 e. The van der Waals surface area contributed by atoms with E-state index in [0.29, 0.717) is 19.6 Å². The van der Waals surface area contributed by atoms with Gasteiger partial charge in [-0.2, -0.15) is 0 Å². The highest BCUT2D eigenvalue weighted by Gasteiger charge is 2.08. The summed E-state index contributed by atoms with van der Waals surface area (Å²) in [6.07, 6.45) is 8.40. The summed E-state index contributed by atoms with van der Waals surface area (Å²) >= 11 is 0. The fourth-order valence-corrected chi connectivity index (χ4v) is 0.943. The van der Waals surface area contributed by atoms with Crippen LogP contribution in [0.1, 0.15) is 0 Å². The van der Waals surface area contributed by atoms with Gasteiger partial charge in [0.15, 0.2) is 0 Å². The van der Waals surface area contributed by atoms with E-state index in [4.69, 9.17) is 6.42 Å². The van der Waals surface area contributed by atoms with Crippen LogP contribution in [0.2, 0.25) is 0 Å². The topological polar surface area (TPSA) is 32.3 Å². The van der Waals surface area contributed by atoms with Crippen molar-refractivity contribution in [1.29, 1.82) is 0 Å². The third-order valence-electron chi connectivity index (χ3n) is 1.55. The second kappa shape index (κ2) is 8.09. The Morgan fingerprint density at radius 1 is 1.43 bits per heavy atom. The van der Waals surface area contributed by atoms with E-state index in [9.17, 15) is 4.79 Å². The van der Waals surface area contributed by atoms with Crippen LogP contribution in [-0.2, 0) is 4.79 Å². The van der Waals surface area contributed by atoms with E-state index < -0.39 is 0 Å². The Hall–Kier alpha value is -1.53. The highest BCUT2D eigenvalue weighted by Crippen LogP contribution is 1.89. The van der Waals surface area contributed by atoms with Gasteiger partial charge >= 0.3 is 0 Å². The highest BCUT2D eigenvalue weighted by atomic mass is 16.2. The van der Waals surface area contributed by atoms with Gasteiger partial charge in [-0.15, -0.1) is 19.6 Å². The van der Waals surface area contributed by atoms with Crippen LogP contribution < -0.4 is 5.32 Å². The first kappa shape index (κ1) is 12.5. The van der Waals surface area contributed by atoms with Crippen molar-refractivity contribution in [1.82, 2.24) is 10.2 Å². The van der Waals surface area contributed by atoms with Crippen molar-refractivity contribution in [2.24, 2.45) is 0 Å². The Morgan fingerprint density at radius 2 is 2.00 bits per heavy atom. The zero-order chi connectivity index (χ0) is 10.8. The normalized spacial score (nSPS) is 8.79. The van der Waals surface area contributed by atoms with E-state index in [-0.39, 0.29) is 12.5 Å². The number of nitrogens with zero attached hydrogens (tertiary/aromatic N) is 1. The molecule has 0 radical (unpaired) electrons. The molecule has 0 aromatic carbocycles. The van der Waals surface area contributed by atoms with Gasteiger partial charge < -0.3 is 4.90 Å². The average Bonchev–Trinajstić information content (AvgIpc) is 2.18. The minimum atomic E-state index is 0.0000463. The number of carbonyl (C=O) groups excluding carboxylic acids is 1. The summed E-state index contributed by atoms with van der Waals surface area (Å²) in [5.41, 5.74) is 0. The molecular weight excluding hydrogens is 176 g/mol. The van der Waals surface area contributed by atoms with Crippen LogP contribution in [0.25, 0.3) is 0 Å². The van der Waals surface area contributed by atoms with Gasteiger partial charge in [0, 0.05) is 13.1 Å². The molecule has 3 heteroatoms. The van der Waals surface area contributed by atoms with Crippen molar-refractivity contribution in [2.75, 3.05) is 26.2 Å². The molecule has 14 heavy (non-hydrogen) atoms. The van der Waals surface area contributed by atoms with Crippen molar-refractivity contribution in [3.63, 3.8) is 0 Å². The Labute approximate surface area is 85.5 Å². The largest absolute Gasteiger partial charge is 0.334 e. The van der Waals surface area contributed by atoms with Crippen molar-refractivity contribution in [3.05, 3.63) is 25.3 Å². The molecule has 0 aromatic rings. The van der Waals surface area contributed by atoms with Crippen LogP contribution in [-0.4, -0.2) is 37.0 Å². The Morgan fingerprint density at radius 3 is 2.43 bits per heavy atom. The van der Waals surface area contributed by atoms with E-state index in [2.05, 4.69) is 24.4 Å². The first-order chi connectivity index (χ1) is 6.76.